The predicted molar refractivity (Wildman–Crippen MR) is 76.9 cm³/mol. The number of aromatic amines is 1. The standard InChI is InChI=1S/C15H13N3O3/c19-13-5-6-16-7-11(13)15(21)18-8-10-3-1-2-4-12(10)17-14(20)9-18/h1-7H,8-9H2,(H,16,19)(H,17,20). The topological polar surface area (TPSA) is 82.3 Å². The number of anilines is 1. The number of rotatable bonds is 1. The molecule has 0 saturated carbocycles. The first-order chi connectivity index (χ1) is 10.1. The van der Waals surface area contributed by atoms with Gasteiger partial charge in [-0.25, -0.2) is 0 Å². The molecule has 2 N–H and O–H groups in total. The van der Waals surface area contributed by atoms with Crippen molar-refractivity contribution >= 4 is 17.5 Å². The molecule has 0 atom stereocenters. The molecule has 3 rings (SSSR count). The fourth-order valence-corrected chi connectivity index (χ4v) is 2.30. The van der Waals surface area contributed by atoms with Crippen LogP contribution in [0, 0.1) is 0 Å². The van der Waals surface area contributed by atoms with Gasteiger partial charge in [0.2, 0.25) is 5.91 Å². The summed E-state index contributed by atoms with van der Waals surface area (Å²) in [6.07, 6.45) is 2.82. The Morgan fingerprint density at radius 3 is 2.71 bits per heavy atom. The molecular weight excluding hydrogens is 270 g/mol. The molecule has 0 radical (unpaired) electrons. The van der Waals surface area contributed by atoms with Gasteiger partial charge in [-0.1, -0.05) is 18.2 Å². The van der Waals surface area contributed by atoms with Crippen molar-refractivity contribution in [1.29, 1.82) is 0 Å². The number of nitrogens with one attached hydrogen (secondary N) is 2. The molecule has 1 aliphatic heterocycles. The molecule has 6 heteroatoms. The van der Waals surface area contributed by atoms with Gasteiger partial charge in [-0.2, -0.15) is 0 Å². The number of hydrogen-bond acceptors (Lipinski definition) is 3. The van der Waals surface area contributed by atoms with Gasteiger partial charge in [0.05, 0.1) is 0 Å². The van der Waals surface area contributed by atoms with Crippen molar-refractivity contribution < 1.29 is 9.59 Å². The Morgan fingerprint density at radius 2 is 1.90 bits per heavy atom. The van der Waals surface area contributed by atoms with Gasteiger partial charge in [0.1, 0.15) is 12.1 Å². The molecule has 0 unspecified atom stereocenters. The molecule has 1 aliphatic rings. The SMILES string of the molecule is O=C1CN(C(=O)c2c[nH]ccc2=O)Cc2ccccc2N1. The molecule has 1 aromatic heterocycles. The van der Waals surface area contributed by atoms with Crippen LogP contribution in [0.4, 0.5) is 5.69 Å². The highest BCUT2D eigenvalue weighted by atomic mass is 16.2. The second kappa shape index (κ2) is 5.24. The van der Waals surface area contributed by atoms with Crippen LogP contribution in [0.2, 0.25) is 0 Å². The van der Waals surface area contributed by atoms with Crippen LogP contribution < -0.4 is 10.7 Å². The number of hydrogen-bond donors (Lipinski definition) is 2. The van der Waals surface area contributed by atoms with Crippen molar-refractivity contribution in [2.75, 3.05) is 11.9 Å². The van der Waals surface area contributed by atoms with E-state index in [4.69, 9.17) is 0 Å². The highest BCUT2D eigenvalue weighted by Gasteiger charge is 2.25. The average Bonchev–Trinajstić information content (AvgIpc) is 2.65. The number of benzene rings is 1. The maximum atomic E-state index is 12.5. The smallest absolute Gasteiger partial charge is 0.260 e. The van der Waals surface area contributed by atoms with Crippen LogP contribution >= 0.6 is 0 Å². The van der Waals surface area contributed by atoms with E-state index in [2.05, 4.69) is 10.3 Å². The summed E-state index contributed by atoms with van der Waals surface area (Å²) in [5, 5.41) is 2.75. The summed E-state index contributed by atoms with van der Waals surface area (Å²) in [6, 6.07) is 8.58. The third kappa shape index (κ3) is 2.55. The van der Waals surface area contributed by atoms with E-state index in [-0.39, 0.29) is 30.0 Å². The van der Waals surface area contributed by atoms with Gasteiger partial charge in [-0.3, -0.25) is 14.4 Å². The van der Waals surface area contributed by atoms with Crippen molar-refractivity contribution in [2.24, 2.45) is 0 Å². The van der Waals surface area contributed by atoms with E-state index in [9.17, 15) is 14.4 Å². The lowest BCUT2D eigenvalue weighted by Gasteiger charge is -2.19. The van der Waals surface area contributed by atoms with E-state index in [0.29, 0.717) is 5.69 Å². The van der Waals surface area contributed by atoms with E-state index in [1.54, 1.807) is 6.07 Å². The molecule has 2 aromatic rings. The Balaban J connectivity index is 1.96. The third-order valence-corrected chi connectivity index (χ3v) is 3.33. The van der Waals surface area contributed by atoms with E-state index < -0.39 is 5.91 Å². The van der Waals surface area contributed by atoms with Gasteiger partial charge in [0, 0.05) is 30.7 Å². The first kappa shape index (κ1) is 13.1. The van der Waals surface area contributed by atoms with Crippen molar-refractivity contribution in [3.63, 3.8) is 0 Å². The minimum absolute atomic E-state index is 0.0321. The molecule has 0 fully saturated rings. The van der Waals surface area contributed by atoms with Crippen LogP contribution in [0.15, 0.2) is 47.5 Å². The van der Waals surface area contributed by atoms with Crippen molar-refractivity contribution in [3.05, 3.63) is 64.1 Å². The summed E-state index contributed by atoms with van der Waals surface area (Å²) >= 11 is 0. The van der Waals surface area contributed by atoms with Crippen molar-refractivity contribution in [2.45, 2.75) is 6.54 Å². The second-order valence-electron chi connectivity index (χ2n) is 4.79. The van der Waals surface area contributed by atoms with E-state index in [0.717, 1.165) is 5.56 Å². The van der Waals surface area contributed by atoms with Crippen LogP contribution in [0.1, 0.15) is 15.9 Å². The number of carbonyl (C=O) groups is 2. The first-order valence-electron chi connectivity index (χ1n) is 6.49. The number of pyridine rings is 1. The predicted octanol–water partition coefficient (Wildman–Crippen LogP) is 0.969. The van der Waals surface area contributed by atoms with Gasteiger partial charge < -0.3 is 15.2 Å². The van der Waals surface area contributed by atoms with Gasteiger partial charge in [-0.05, 0) is 11.6 Å². The lowest BCUT2D eigenvalue weighted by Crippen LogP contribution is -2.37. The number of carbonyl (C=O) groups excluding carboxylic acids is 2. The quantitative estimate of drug-likeness (QED) is 0.818. The van der Waals surface area contributed by atoms with Crippen LogP contribution in [0.25, 0.3) is 0 Å². The van der Waals surface area contributed by atoms with E-state index in [1.165, 1.54) is 23.4 Å². The number of H-pyrrole nitrogens is 1. The molecular formula is C15H13N3O3. The molecule has 2 amide bonds. The summed E-state index contributed by atoms with van der Waals surface area (Å²) in [6.45, 7) is 0.198. The number of fused-ring (bicyclic) bond motifs is 1. The van der Waals surface area contributed by atoms with E-state index >= 15 is 0 Å². The number of para-hydroxylation sites is 1. The zero-order valence-corrected chi connectivity index (χ0v) is 11.1. The summed E-state index contributed by atoms with van der Waals surface area (Å²) in [5.41, 5.74) is 1.20. The van der Waals surface area contributed by atoms with Crippen molar-refractivity contribution in [1.82, 2.24) is 9.88 Å². The highest BCUT2D eigenvalue weighted by Crippen LogP contribution is 2.20. The molecule has 2 heterocycles. The largest absolute Gasteiger partial charge is 0.367 e. The van der Waals surface area contributed by atoms with Gasteiger partial charge in [0.25, 0.3) is 5.91 Å². The maximum absolute atomic E-state index is 12.5. The number of amides is 2. The Labute approximate surface area is 120 Å². The second-order valence-corrected chi connectivity index (χ2v) is 4.79. The summed E-state index contributed by atoms with van der Waals surface area (Å²) < 4.78 is 0. The fraction of sp³-hybridized carbons (Fsp3) is 0.133. The first-order valence-corrected chi connectivity index (χ1v) is 6.49. The van der Waals surface area contributed by atoms with Gasteiger partial charge in [0.15, 0.2) is 5.43 Å². The lowest BCUT2D eigenvalue weighted by atomic mass is 10.1. The van der Waals surface area contributed by atoms with Crippen LogP contribution in [0.5, 0.6) is 0 Å². The molecule has 1 aromatic carbocycles. The third-order valence-electron chi connectivity index (χ3n) is 3.33. The number of aromatic nitrogens is 1. The Bertz CT molecular complexity index is 767. The van der Waals surface area contributed by atoms with Gasteiger partial charge >= 0.3 is 0 Å². The fourth-order valence-electron chi connectivity index (χ4n) is 2.30. The van der Waals surface area contributed by atoms with Crippen LogP contribution in [-0.4, -0.2) is 28.2 Å². The molecule has 0 saturated heterocycles. The molecule has 21 heavy (non-hydrogen) atoms. The highest BCUT2D eigenvalue weighted by molar-refractivity contribution is 6.00. The Hall–Kier alpha value is -2.89. The lowest BCUT2D eigenvalue weighted by molar-refractivity contribution is -0.116. The molecule has 0 bridgehead atoms. The van der Waals surface area contributed by atoms with Crippen molar-refractivity contribution in [3.8, 4) is 0 Å². The zero-order valence-electron chi connectivity index (χ0n) is 11.1. The molecule has 6 nitrogen and oxygen atoms in total. The number of nitrogens with zero attached hydrogens (tertiary/aromatic N) is 1. The Morgan fingerprint density at radius 1 is 1.10 bits per heavy atom. The molecule has 0 aliphatic carbocycles. The van der Waals surface area contributed by atoms with Gasteiger partial charge in [-0.15, -0.1) is 0 Å². The summed E-state index contributed by atoms with van der Waals surface area (Å²) in [4.78, 5) is 40.2. The monoisotopic (exact) mass is 283 g/mol. The average molecular weight is 283 g/mol. The summed E-state index contributed by atoms with van der Waals surface area (Å²) in [7, 11) is 0. The zero-order chi connectivity index (χ0) is 14.8. The molecule has 0 spiro atoms. The summed E-state index contributed by atoms with van der Waals surface area (Å²) in [5.74, 6) is -0.732. The minimum atomic E-state index is -0.455. The van der Waals surface area contributed by atoms with Crippen LogP contribution in [0.3, 0.4) is 0 Å². The minimum Gasteiger partial charge on any atom is -0.367 e. The molecule has 106 valence electrons. The Kier molecular flexibility index (Phi) is 3.27. The van der Waals surface area contributed by atoms with E-state index in [1.807, 2.05) is 18.2 Å². The maximum Gasteiger partial charge on any atom is 0.260 e. The van der Waals surface area contributed by atoms with Crippen LogP contribution in [-0.2, 0) is 11.3 Å². The normalized spacial score (nSPS) is 14.1.